The number of rotatable bonds is 8. The molecule has 1 aromatic rings. The third kappa shape index (κ3) is 6.23. The fourth-order valence-corrected chi connectivity index (χ4v) is 6.01. The van der Waals surface area contributed by atoms with Gasteiger partial charge in [0, 0.05) is 18.0 Å². The molecule has 2 aliphatic heterocycles. The summed E-state index contributed by atoms with van der Waals surface area (Å²) in [6, 6.07) is 5.17. The molecule has 2 spiro atoms. The van der Waals surface area contributed by atoms with E-state index in [0.29, 0.717) is 19.4 Å². The Kier molecular flexibility index (Phi) is 7.11. The van der Waals surface area contributed by atoms with Gasteiger partial charge in [0.25, 0.3) is 5.91 Å². The zero-order valence-corrected chi connectivity index (χ0v) is 21.4. The first-order chi connectivity index (χ1) is 18.5. The highest BCUT2D eigenvalue weighted by Gasteiger charge is 2.52. The number of likely N-dealkylation sites (tertiary alicyclic amines) is 1. The van der Waals surface area contributed by atoms with Crippen molar-refractivity contribution in [3.05, 3.63) is 24.3 Å². The van der Waals surface area contributed by atoms with Gasteiger partial charge in [0.05, 0.1) is 6.07 Å². The minimum atomic E-state index is -4.81. The second kappa shape index (κ2) is 10.2. The van der Waals surface area contributed by atoms with E-state index in [0.717, 1.165) is 50.7 Å². The van der Waals surface area contributed by atoms with Crippen molar-refractivity contribution in [1.82, 2.24) is 15.5 Å². The molecule has 2 aliphatic carbocycles. The summed E-state index contributed by atoms with van der Waals surface area (Å²) in [5, 5.41) is 15.5. The molecule has 39 heavy (non-hydrogen) atoms. The lowest BCUT2D eigenvalue weighted by molar-refractivity contribution is -0.274. The average Bonchev–Trinajstić information content (AvgIpc) is 3.46. The fraction of sp³-hybridized carbons (Fsp3) is 0.630. The van der Waals surface area contributed by atoms with Crippen molar-refractivity contribution < 1.29 is 37.0 Å². The zero-order valence-electron chi connectivity index (χ0n) is 21.4. The van der Waals surface area contributed by atoms with E-state index in [-0.39, 0.29) is 34.9 Å². The van der Waals surface area contributed by atoms with Crippen LogP contribution in [0, 0.1) is 22.7 Å². The molecule has 1 aromatic carbocycles. The third-order valence-corrected chi connectivity index (χ3v) is 8.54. The quantitative estimate of drug-likeness (QED) is 0.515. The first kappa shape index (κ1) is 27.1. The lowest BCUT2D eigenvalue weighted by Gasteiger charge is -2.37. The number of ether oxygens (including phenoxy) is 2. The normalized spacial score (nSPS) is 25.3. The van der Waals surface area contributed by atoms with E-state index in [9.17, 15) is 32.8 Å². The first-order valence-corrected chi connectivity index (χ1v) is 13.3. The van der Waals surface area contributed by atoms with E-state index in [1.165, 1.54) is 17.0 Å². The van der Waals surface area contributed by atoms with Gasteiger partial charge in [-0.3, -0.25) is 14.4 Å². The number of amides is 3. The van der Waals surface area contributed by atoms with Gasteiger partial charge in [-0.25, -0.2) is 0 Å². The van der Waals surface area contributed by atoms with Crippen LogP contribution >= 0.6 is 0 Å². The molecule has 0 aromatic heterocycles. The topological polar surface area (TPSA) is 121 Å². The highest BCUT2D eigenvalue weighted by Crippen LogP contribution is 2.50. The Hall–Kier alpha value is -3.49. The summed E-state index contributed by atoms with van der Waals surface area (Å²) in [5.41, 5.74) is -0.194. The predicted molar refractivity (Wildman–Crippen MR) is 130 cm³/mol. The summed E-state index contributed by atoms with van der Waals surface area (Å²) in [7, 11) is 0. The van der Waals surface area contributed by atoms with Gasteiger partial charge in [-0.05, 0) is 81.0 Å². The van der Waals surface area contributed by atoms with Gasteiger partial charge < -0.3 is 25.0 Å². The number of hydrogen-bond donors (Lipinski definition) is 2. The predicted octanol–water partition coefficient (Wildman–Crippen LogP) is 3.19. The molecule has 2 saturated carbocycles. The summed E-state index contributed by atoms with van der Waals surface area (Å²) in [6.07, 6.45) is 2.22. The van der Waals surface area contributed by atoms with Gasteiger partial charge in [0.15, 0.2) is 6.61 Å². The molecule has 3 atom stereocenters. The number of nitrogens with zero attached hydrogens (tertiary/aromatic N) is 2. The van der Waals surface area contributed by atoms with Crippen LogP contribution in [0.3, 0.4) is 0 Å². The monoisotopic (exact) mass is 548 g/mol. The molecule has 2 saturated heterocycles. The summed E-state index contributed by atoms with van der Waals surface area (Å²) in [4.78, 5) is 40.5. The van der Waals surface area contributed by atoms with Crippen LogP contribution in [-0.4, -0.2) is 59.8 Å². The van der Waals surface area contributed by atoms with Gasteiger partial charge in [0.1, 0.15) is 23.6 Å². The lowest BCUT2D eigenvalue weighted by atomic mass is 9.67. The second-order valence-electron chi connectivity index (χ2n) is 11.3. The standard InChI is InChI=1S/C27H31F3N4O5/c28-27(29,30)39-20-4-2-19(3-5-20)38-15-22(35)34-16-25(7-1-8-25)13-21(34)24(37)32-18(14-31)12-17-6-9-26(10-11-26)33-23(17)36/h2-5,17-18,21H,1,6-13,15-16H2,(H,32,37)(H,33,36)/t17-,18-,21-/m0/s1. The number of carbonyl (C=O) groups is 3. The highest BCUT2D eigenvalue weighted by molar-refractivity contribution is 5.89. The number of nitriles is 1. The molecule has 4 fully saturated rings. The maximum atomic E-state index is 13.3. The summed E-state index contributed by atoms with van der Waals surface area (Å²) in [6.45, 7) is 0.000975. The molecular formula is C27H31F3N4O5. The average molecular weight is 549 g/mol. The number of nitrogens with one attached hydrogen (secondary N) is 2. The van der Waals surface area contributed by atoms with E-state index in [2.05, 4.69) is 21.4 Å². The van der Waals surface area contributed by atoms with E-state index in [1.807, 2.05) is 0 Å². The molecule has 2 heterocycles. The van der Waals surface area contributed by atoms with Crippen LogP contribution < -0.4 is 20.1 Å². The van der Waals surface area contributed by atoms with Crippen LogP contribution in [0.5, 0.6) is 11.5 Å². The molecule has 0 bridgehead atoms. The SMILES string of the molecule is N#C[C@H](C[C@@H]1CCC2(CC2)NC1=O)NC(=O)[C@@H]1CC2(CCC2)CN1C(=O)COc1ccc(OC(F)(F)F)cc1. The van der Waals surface area contributed by atoms with Gasteiger partial charge in [-0.2, -0.15) is 5.26 Å². The van der Waals surface area contributed by atoms with Crippen molar-refractivity contribution in [3.63, 3.8) is 0 Å². The number of alkyl halides is 3. The number of hydrogen-bond acceptors (Lipinski definition) is 6. The van der Waals surface area contributed by atoms with Crippen molar-refractivity contribution in [1.29, 1.82) is 5.26 Å². The minimum Gasteiger partial charge on any atom is -0.484 e. The molecule has 3 amide bonds. The van der Waals surface area contributed by atoms with Crippen LogP contribution in [0.4, 0.5) is 13.2 Å². The smallest absolute Gasteiger partial charge is 0.484 e. The Morgan fingerprint density at radius 3 is 2.41 bits per heavy atom. The summed E-state index contributed by atoms with van der Waals surface area (Å²) in [5.74, 6) is -1.50. The largest absolute Gasteiger partial charge is 0.573 e. The number of benzene rings is 1. The first-order valence-electron chi connectivity index (χ1n) is 13.3. The van der Waals surface area contributed by atoms with Crippen LogP contribution in [-0.2, 0) is 14.4 Å². The molecule has 9 nitrogen and oxygen atoms in total. The minimum absolute atomic E-state index is 0.0538. The van der Waals surface area contributed by atoms with Crippen molar-refractivity contribution in [2.45, 2.75) is 81.8 Å². The molecular weight excluding hydrogens is 517 g/mol. The number of halogens is 3. The Balaban J connectivity index is 1.18. The van der Waals surface area contributed by atoms with E-state index in [4.69, 9.17) is 4.74 Å². The molecule has 2 N–H and O–H groups in total. The van der Waals surface area contributed by atoms with E-state index >= 15 is 0 Å². The molecule has 5 rings (SSSR count). The maximum Gasteiger partial charge on any atom is 0.573 e. The molecule has 0 unspecified atom stereocenters. The van der Waals surface area contributed by atoms with Gasteiger partial charge in [-0.1, -0.05) is 6.42 Å². The van der Waals surface area contributed by atoms with E-state index in [1.54, 1.807) is 0 Å². The van der Waals surface area contributed by atoms with E-state index < -0.39 is 42.6 Å². The van der Waals surface area contributed by atoms with Gasteiger partial charge in [-0.15, -0.1) is 13.2 Å². The van der Waals surface area contributed by atoms with Crippen LogP contribution in [0.2, 0.25) is 0 Å². The van der Waals surface area contributed by atoms with Crippen LogP contribution in [0.25, 0.3) is 0 Å². The molecule has 210 valence electrons. The lowest BCUT2D eigenvalue weighted by Crippen LogP contribution is -2.51. The Morgan fingerprint density at radius 1 is 1.15 bits per heavy atom. The highest BCUT2D eigenvalue weighted by atomic mass is 19.4. The molecule has 4 aliphatic rings. The summed E-state index contributed by atoms with van der Waals surface area (Å²) >= 11 is 0. The fourth-order valence-electron chi connectivity index (χ4n) is 6.01. The Morgan fingerprint density at radius 2 is 1.85 bits per heavy atom. The second-order valence-corrected chi connectivity index (χ2v) is 11.3. The zero-order chi connectivity index (χ0) is 27.8. The third-order valence-electron chi connectivity index (χ3n) is 8.54. The number of carbonyl (C=O) groups excluding carboxylic acids is 3. The van der Waals surface area contributed by atoms with Crippen molar-refractivity contribution in [2.24, 2.45) is 11.3 Å². The Labute approximate surface area is 224 Å². The van der Waals surface area contributed by atoms with Gasteiger partial charge in [0.2, 0.25) is 11.8 Å². The van der Waals surface area contributed by atoms with Crippen molar-refractivity contribution in [2.75, 3.05) is 13.2 Å². The molecule has 0 radical (unpaired) electrons. The van der Waals surface area contributed by atoms with Gasteiger partial charge >= 0.3 is 6.36 Å². The Bertz CT molecular complexity index is 1160. The molecule has 12 heteroatoms. The van der Waals surface area contributed by atoms with Crippen molar-refractivity contribution >= 4 is 17.7 Å². The van der Waals surface area contributed by atoms with Crippen LogP contribution in [0.15, 0.2) is 24.3 Å². The van der Waals surface area contributed by atoms with Crippen LogP contribution in [0.1, 0.15) is 57.8 Å². The maximum absolute atomic E-state index is 13.3. The number of piperidine rings is 1. The van der Waals surface area contributed by atoms with Crippen molar-refractivity contribution in [3.8, 4) is 17.6 Å². The summed E-state index contributed by atoms with van der Waals surface area (Å²) < 4.78 is 46.4.